The molecule has 0 saturated carbocycles. The molecule has 0 aliphatic rings. The molecule has 0 aromatic heterocycles. The molecule has 11 heavy (non-hydrogen) atoms. The van der Waals surface area contributed by atoms with Crippen molar-refractivity contribution < 1.29 is 14.2 Å². The lowest BCUT2D eigenvalue weighted by atomic mass is 10.2. The molecule has 1 atom stereocenters. The van der Waals surface area contributed by atoms with Gasteiger partial charge in [-0.2, -0.15) is 0 Å². The molecule has 0 radical (unpaired) electrons. The molecule has 0 bridgehead atoms. The zero-order chi connectivity index (χ0) is 8.91. The standard InChI is InChI=1S/C8H17FO2/c1-8(2,3)11-5-4-7(9)6-10/h7,10H,4-6H2,1-3H3/t7-/m1/s1. The van der Waals surface area contributed by atoms with Crippen LogP contribution in [0.1, 0.15) is 27.2 Å². The van der Waals surface area contributed by atoms with Crippen molar-refractivity contribution in [2.45, 2.75) is 39.0 Å². The number of hydrogen-bond acceptors (Lipinski definition) is 2. The summed E-state index contributed by atoms with van der Waals surface area (Å²) in [6.07, 6.45) is -0.870. The number of halogens is 1. The molecule has 0 fully saturated rings. The largest absolute Gasteiger partial charge is 0.393 e. The van der Waals surface area contributed by atoms with E-state index in [4.69, 9.17) is 9.84 Å². The Hall–Kier alpha value is -0.150. The minimum atomic E-state index is -1.14. The Kier molecular flexibility index (Phi) is 4.61. The third-order valence-electron chi connectivity index (χ3n) is 1.16. The van der Waals surface area contributed by atoms with Crippen molar-refractivity contribution in [3.05, 3.63) is 0 Å². The van der Waals surface area contributed by atoms with Gasteiger partial charge in [-0.1, -0.05) is 0 Å². The lowest BCUT2D eigenvalue weighted by molar-refractivity contribution is -0.0148. The second kappa shape index (κ2) is 4.67. The Bertz CT molecular complexity index is 98.8. The van der Waals surface area contributed by atoms with Crippen LogP contribution in [0.15, 0.2) is 0 Å². The predicted octanol–water partition coefficient (Wildman–Crippen LogP) is 1.52. The van der Waals surface area contributed by atoms with Crippen LogP contribution >= 0.6 is 0 Å². The van der Waals surface area contributed by atoms with Crippen LogP contribution in [0.25, 0.3) is 0 Å². The molecule has 2 nitrogen and oxygen atoms in total. The lowest BCUT2D eigenvalue weighted by Gasteiger charge is -2.19. The third-order valence-corrected chi connectivity index (χ3v) is 1.16. The van der Waals surface area contributed by atoms with Gasteiger partial charge in [-0.15, -0.1) is 0 Å². The highest BCUT2D eigenvalue weighted by molar-refractivity contribution is 4.60. The average molecular weight is 164 g/mol. The molecular weight excluding hydrogens is 147 g/mol. The first-order valence-corrected chi connectivity index (χ1v) is 3.84. The van der Waals surface area contributed by atoms with E-state index < -0.39 is 12.8 Å². The molecular formula is C8H17FO2. The minimum absolute atomic E-state index is 0.213. The van der Waals surface area contributed by atoms with Gasteiger partial charge in [0.05, 0.1) is 18.8 Å². The summed E-state index contributed by atoms with van der Waals surface area (Å²) in [5.74, 6) is 0. The third kappa shape index (κ3) is 7.75. The van der Waals surface area contributed by atoms with Crippen molar-refractivity contribution >= 4 is 0 Å². The summed E-state index contributed by atoms with van der Waals surface area (Å²) < 4.78 is 17.6. The van der Waals surface area contributed by atoms with Crippen molar-refractivity contribution in [2.24, 2.45) is 0 Å². The van der Waals surface area contributed by atoms with Crippen LogP contribution in [0, 0.1) is 0 Å². The van der Waals surface area contributed by atoms with Crippen molar-refractivity contribution in [2.75, 3.05) is 13.2 Å². The Morgan fingerprint density at radius 2 is 2.00 bits per heavy atom. The van der Waals surface area contributed by atoms with Gasteiger partial charge in [-0.05, 0) is 20.8 Å². The van der Waals surface area contributed by atoms with Crippen LogP contribution in [0.5, 0.6) is 0 Å². The zero-order valence-electron chi connectivity index (χ0n) is 7.43. The number of alkyl halides is 1. The van der Waals surface area contributed by atoms with Gasteiger partial charge in [0.1, 0.15) is 6.17 Å². The highest BCUT2D eigenvalue weighted by Gasteiger charge is 2.11. The molecule has 0 unspecified atom stereocenters. The molecule has 0 amide bonds. The Morgan fingerprint density at radius 3 is 2.36 bits per heavy atom. The second-order valence-corrected chi connectivity index (χ2v) is 3.53. The first-order chi connectivity index (χ1) is 4.95. The first-order valence-electron chi connectivity index (χ1n) is 3.84. The SMILES string of the molecule is CC(C)(C)OCC[C@@H](F)CO. The fourth-order valence-electron chi connectivity index (χ4n) is 0.584. The maximum absolute atomic E-state index is 12.4. The van der Waals surface area contributed by atoms with Gasteiger partial charge in [0.2, 0.25) is 0 Å². The minimum Gasteiger partial charge on any atom is -0.393 e. The normalized spacial score (nSPS) is 15.0. The predicted molar refractivity (Wildman–Crippen MR) is 42.3 cm³/mol. The average Bonchev–Trinajstić information content (AvgIpc) is 1.85. The van der Waals surface area contributed by atoms with Crippen LogP contribution < -0.4 is 0 Å². The van der Waals surface area contributed by atoms with Crippen molar-refractivity contribution in [3.8, 4) is 0 Å². The molecule has 0 spiro atoms. The number of rotatable bonds is 4. The van der Waals surface area contributed by atoms with Gasteiger partial charge in [0.25, 0.3) is 0 Å². The van der Waals surface area contributed by atoms with Crippen molar-refractivity contribution in [1.82, 2.24) is 0 Å². The highest BCUT2D eigenvalue weighted by Crippen LogP contribution is 2.08. The van der Waals surface area contributed by atoms with E-state index in [1.54, 1.807) is 0 Å². The number of aliphatic hydroxyl groups excluding tert-OH is 1. The van der Waals surface area contributed by atoms with Crippen molar-refractivity contribution in [3.63, 3.8) is 0 Å². The molecule has 0 aliphatic carbocycles. The molecule has 0 rings (SSSR count). The van der Waals surface area contributed by atoms with Crippen LogP contribution in [-0.2, 0) is 4.74 Å². The van der Waals surface area contributed by atoms with Gasteiger partial charge >= 0.3 is 0 Å². The van der Waals surface area contributed by atoms with Gasteiger partial charge in [-0.3, -0.25) is 0 Å². The molecule has 0 aliphatic heterocycles. The fraction of sp³-hybridized carbons (Fsp3) is 1.00. The summed E-state index contributed by atoms with van der Waals surface area (Å²) in [6.45, 7) is 5.70. The summed E-state index contributed by atoms with van der Waals surface area (Å²) in [4.78, 5) is 0. The molecule has 0 aromatic rings. The maximum atomic E-state index is 12.4. The second-order valence-electron chi connectivity index (χ2n) is 3.53. The number of hydrogen-bond donors (Lipinski definition) is 1. The first kappa shape index (κ1) is 10.8. The van der Waals surface area contributed by atoms with Crippen LogP contribution in [-0.4, -0.2) is 30.1 Å². The molecule has 1 N–H and O–H groups in total. The molecule has 0 heterocycles. The summed E-state index contributed by atoms with van der Waals surface area (Å²) >= 11 is 0. The van der Waals surface area contributed by atoms with E-state index in [0.717, 1.165) is 0 Å². The summed E-state index contributed by atoms with van der Waals surface area (Å²) in [6, 6.07) is 0. The van der Waals surface area contributed by atoms with Crippen LogP contribution in [0.3, 0.4) is 0 Å². The van der Waals surface area contributed by atoms with Gasteiger partial charge < -0.3 is 9.84 Å². The van der Waals surface area contributed by atoms with Gasteiger partial charge in [0, 0.05) is 6.42 Å². The summed E-state index contributed by atoms with van der Waals surface area (Å²) in [5.41, 5.74) is -0.213. The van der Waals surface area contributed by atoms with Gasteiger partial charge in [-0.25, -0.2) is 4.39 Å². The van der Waals surface area contributed by atoms with Crippen molar-refractivity contribution in [1.29, 1.82) is 0 Å². The van der Waals surface area contributed by atoms with E-state index in [2.05, 4.69) is 0 Å². The molecule has 3 heteroatoms. The van der Waals surface area contributed by atoms with Crippen LogP contribution in [0.2, 0.25) is 0 Å². The Morgan fingerprint density at radius 1 is 1.45 bits per heavy atom. The maximum Gasteiger partial charge on any atom is 0.125 e. The quantitative estimate of drug-likeness (QED) is 0.682. The Labute approximate surface area is 67.4 Å². The summed E-state index contributed by atoms with van der Waals surface area (Å²) in [5, 5.41) is 8.33. The number of aliphatic hydroxyl groups is 1. The van der Waals surface area contributed by atoms with E-state index in [-0.39, 0.29) is 12.0 Å². The number of ether oxygens (including phenoxy) is 1. The smallest absolute Gasteiger partial charge is 0.125 e. The monoisotopic (exact) mass is 164 g/mol. The highest BCUT2D eigenvalue weighted by atomic mass is 19.1. The van der Waals surface area contributed by atoms with E-state index in [1.807, 2.05) is 20.8 Å². The zero-order valence-corrected chi connectivity index (χ0v) is 7.43. The summed E-state index contributed by atoms with van der Waals surface area (Å²) in [7, 11) is 0. The molecule has 68 valence electrons. The van der Waals surface area contributed by atoms with E-state index >= 15 is 0 Å². The Balaban J connectivity index is 3.28. The van der Waals surface area contributed by atoms with Gasteiger partial charge in [0.15, 0.2) is 0 Å². The lowest BCUT2D eigenvalue weighted by Crippen LogP contribution is -2.21. The van der Waals surface area contributed by atoms with E-state index in [1.165, 1.54) is 0 Å². The van der Waals surface area contributed by atoms with Crippen LogP contribution in [0.4, 0.5) is 4.39 Å². The molecule has 0 aromatic carbocycles. The topological polar surface area (TPSA) is 29.5 Å². The van der Waals surface area contributed by atoms with E-state index in [0.29, 0.717) is 6.61 Å². The fourth-order valence-corrected chi connectivity index (χ4v) is 0.584. The van der Waals surface area contributed by atoms with E-state index in [9.17, 15) is 4.39 Å². The molecule has 0 saturated heterocycles.